The van der Waals surface area contributed by atoms with E-state index in [1.54, 1.807) is 19.1 Å². The number of ether oxygens (including phenoxy) is 4. The van der Waals surface area contributed by atoms with Crippen LogP contribution in [0.25, 0.3) is 0 Å². The van der Waals surface area contributed by atoms with Gasteiger partial charge < -0.3 is 18.9 Å². The number of esters is 3. The number of hydrogen-bond donors (Lipinski definition) is 0. The van der Waals surface area contributed by atoms with Crippen LogP contribution >= 0.6 is 11.6 Å². The Kier molecular flexibility index (Phi) is 6.92. The zero-order chi connectivity index (χ0) is 22.7. The molecule has 0 bridgehead atoms. The van der Waals surface area contributed by atoms with Crippen molar-refractivity contribution < 1.29 is 38.1 Å². The van der Waals surface area contributed by atoms with Gasteiger partial charge in [-0.1, -0.05) is 29.8 Å². The second-order valence-electron chi connectivity index (χ2n) is 7.21. The molecule has 0 aliphatic carbocycles. The van der Waals surface area contributed by atoms with Crippen LogP contribution in [-0.4, -0.2) is 42.0 Å². The van der Waals surface area contributed by atoms with Crippen molar-refractivity contribution in [2.75, 3.05) is 0 Å². The van der Waals surface area contributed by atoms with Crippen molar-refractivity contribution >= 4 is 35.3 Å². The van der Waals surface area contributed by atoms with Crippen LogP contribution in [0.4, 0.5) is 0 Å². The van der Waals surface area contributed by atoms with Crippen molar-refractivity contribution in [2.45, 2.75) is 51.9 Å². The fraction of sp³-hybridized carbons (Fsp3) is 0.364. The first-order valence-electron chi connectivity index (χ1n) is 9.62. The van der Waals surface area contributed by atoms with Crippen LogP contribution in [0.1, 0.15) is 43.1 Å². The standard InChI is InChI=1S/C22H21ClO8/c1-11-8-17-16(31-17)7-5-4-6-14(26)9-15-20(22(27)28-11)18(29-12(2)24)10-19(21(15)23)30-13(3)25/h4-7,10-11,16-17H,8-9H2,1-3H3/b6-4+,7-5-/t11-,16+,17-/m1/s1. The Balaban J connectivity index is 2.13. The first kappa shape index (κ1) is 22.7. The first-order chi connectivity index (χ1) is 14.7. The molecule has 31 heavy (non-hydrogen) atoms. The molecule has 8 nitrogen and oxygen atoms in total. The SMILES string of the molecule is CC(=O)Oc1cc(OC(C)=O)c2c(c1Cl)CC(=O)/C=C/C=C\[C@@H]1O[C@@H]1C[C@@H](C)OC2=O. The van der Waals surface area contributed by atoms with Crippen molar-refractivity contribution in [3.63, 3.8) is 0 Å². The third-order valence-electron chi connectivity index (χ3n) is 4.54. The molecule has 0 spiro atoms. The van der Waals surface area contributed by atoms with Gasteiger partial charge >= 0.3 is 17.9 Å². The van der Waals surface area contributed by atoms with Crippen molar-refractivity contribution in [2.24, 2.45) is 0 Å². The summed E-state index contributed by atoms with van der Waals surface area (Å²) in [6.45, 7) is 4.02. The molecule has 2 aliphatic rings. The molecule has 1 fully saturated rings. The van der Waals surface area contributed by atoms with Gasteiger partial charge in [0.25, 0.3) is 0 Å². The minimum absolute atomic E-state index is 0.0325. The minimum Gasteiger partial charge on any atom is -0.459 e. The average molecular weight is 449 g/mol. The number of ketones is 1. The molecule has 1 aromatic rings. The monoisotopic (exact) mass is 448 g/mol. The lowest BCUT2D eigenvalue weighted by atomic mass is 9.99. The zero-order valence-electron chi connectivity index (χ0n) is 17.2. The highest BCUT2D eigenvalue weighted by Crippen LogP contribution is 2.39. The summed E-state index contributed by atoms with van der Waals surface area (Å²) >= 11 is 6.39. The second kappa shape index (κ2) is 9.45. The lowest BCUT2D eigenvalue weighted by Crippen LogP contribution is -2.21. The molecule has 0 N–H and O–H groups in total. The molecule has 0 unspecified atom stereocenters. The molecule has 2 heterocycles. The Labute approximate surface area is 183 Å². The van der Waals surface area contributed by atoms with E-state index in [9.17, 15) is 19.2 Å². The smallest absolute Gasteiger partial charge is 0.342 e. The molecule has 1 aromatic carbocycles. The van der Waals surface area contributed by atoms with Crippen LogP contribution in [-0.2, 0) is 30.3 Å². The van der Waals surface area contributed by atoms with E-state index in [2.05, 4.69) is 0 Å². The lowest BCUT2D eigenvalue weighted by molar-refractivity contribution is -0.132. The number of cyclic esters (lactones) is 1. The van der Waals surface area contributed by atoms with Crippen molar-refractivity contribution in [3.05, 3.63) is 46.5 Å². The highest BCUT2D eigenvalue weighted by Gasteiger charge is 2.38. The summed E-state index contributed by atoms with van der Waals surface area (Å²) in [6, 6.07) is 1.15. The van der Waals surface area contributed by atoms with E-state index in [-0.39, 0.29) is 52.1 Å². The number of fused-ring (bicyclic) bond motifs is 2. The molecule has 0 amide bonds. The number of carbonyl (C=O) groups excluding carboxylic acids is 4. The summed E-state index contributed by atoms with van der Waals surface area (Å²) in [6.07, 6.45) is 5.81. The van der Waals surface area contributed by atoms with Crippen LogP contribution in [0, 0.1) is 0 Å². The quantitative estimate of drug-likeness (QED) is 0.385. The van der Waals surface area contributed by atoms with Gasteiger partial charge in [-0.15, -0.1) is 0 Å². The number of carbonyl (C=O) groups is 4. The molecule has 1 saturated heterocycles. The number of halogens is 1. The molecule has 2 aliphatic heterocycles. The van der Waals surface area contributed by atoms with Gasteiger partial charge in [0.2, 0.25) is 0 Å². The maximum atomic E-state index is 13.0. The second-order valence-corrected chi connectivity index (χ2v) is 7.58. The Bertz CT molecular complexity index is 994. The largest absolute Gasteiger partial charge is 0.459 e. The Morgan fingerprint density at radius 2 is 1.77 bits per heavy atom. The fourth-order valence-electron chi connectivity index (χ4n) is 3.22. The van der Waals surface area contributed by atoms with Gasteiger partial charge in [0, 0.05) is 38.3 Å². The number of benzene rings is 1. The van der Waals surface area contributed by atoms with E-state index in [0.29, 0.717) is 6.42 Å². The molecule has 3 rings (SSSR count). The predicted molar refractivity (Wildman–Crippen MR) is 109 cm³/mol. The van der Waals surface area contributed by atoms with E-state index < -0.39 is 24.0 Å². The minimum atomic E-state index is -0.823. The van der Waals surface area contributed by atoms with Crippen molar-refractivity contribution in [1.29, 1.82) is 0 Å². The van der Waals surface area contributed by atoms with Gasteiger partial charge in [-0.05, 0) is 13.0 Å². The maximum Gasteiger partial charge on any atom is 0.342 e. The number of hydrogen-bond acceptors (Lipinski definition) is 8. The van der Waals surface area contributed by atoms with Gasteiger partial charge in [-0.25, -0.2) is 4.79 Å². The zero-order valence-corrected chi connectivity index (χ0v) is 17.9. The van der Waals surface area contributed by atoms with Crippen molar-refractivity contribution in [1.82, 2.24) is 0 Å². The summed E-state index contributed by atoms with van der Waals surface area (Å²) in [4.78, 5) is 48.7. The lowest BCUT2D eigenvalue weighted by Gasteiger charge is -2.19. The summed E-state index contributed by atoms with van der Waals surface area (Å²) in [5.74, 6) is -2.96. The van der Waals surface area contributed by atoms with Crippen LogP contribution in [0.5, 0.6) is 11.5 Å². The number of epoxide rings is 1. The third-order valence-corrected chi connectivity index (χ3v) is 4.96. The summed E-state index contributed by atoms with van der Waals surface area (Å²) in [5, 5.41) is -0.124. The molecule has 0 aromatic heterocycles. The molecular weight excluding hydrogens is 428 g/mol. The summed E-state index contributed by atoms with van der Waals surface area (Å²) < 4.78 is 21.3. The van der Waals surface area contributed by atoms with Gasteiger partial charge in [0.05, 0.1) is 11.1 Å². The predicted octanol–water partition coefficient (Wildman–Crippen LogP) is 3.13. The molecule has 0 radical (unpaired) electrons. The highest BCUT2D eigenvalue weighted by atomic mass is 35.5. The average Bonchev–Trinajstić information content (AvgIpc) is 3.38. The van der Waals surface area contributed by atoms with Crippen LogP contribution in [0.15, 0.2) is 30.4 Å². The highest BCUT2D eigenvalue weighted by molar-refractivity contribution is 6.34. The Hall–Kier alpha value is -2.97. The third kappa shape index (κ3) is 5.80. The van der Waals surface area contributed by atoms with Crippen LogP contribution in [0.2, 0.25) is 5.02 Å². The summed E-state index contributed by atoms with van der Waals surface area (Å²) in [5.41, 5.74) is -0.143. The molecule has 3 atom stereocenters. The number of allylic oxidation sites excluding steroid dienone is 3. The Morgan fingerprint density at radius 3 is 2.45 bits per heavy atom. The molecular formula is C22H21ClO8. The topological polar surface area (TPSA) is 108 Å². The normalized spacial score (nSPS) is 25.2. The van der Waals surface area contributed by atoms with E-state index in [4.69, 9.17) is 30.5 Å². The Morgan fingerprint density at radius 1 is 1.10 bits per heavy atom. The summed E-state index contributed by atoms with van der Waals surface area (Å²) in [7, 11) is 0. The van der Waals surface area contributed by atoms with E-state index in [1.807, 2.05) is 6.08 Å². The van der Waals surface area contributed by atoms with E-state index in [1.165, 1.54) is 6.08 Å². The van der Waals surface area contributed by atoms with Gasteiger partial charge in [-0.2, -0.15) is 0 Å². The van der Waals surface area contributed by atoms with E-state index >= 15 is 0 Å². The fourth-order valence-corrected chi connectivity index (χ4v) is 3.47. The van der Waals surface area contributed by atoms with Gasteiger partial charge in [0.1, 0.15) is 23.5 Å². The van der Waals surface area contributed by atoms with Gasteiger partial charge in [-0.3, -0.25) is 14.4 Å². The van der Waals surface area contributed by atoms with Gasteiger partial charge in [0.15, 0.2) is 11.5 Å². The first-order valence-corrected chi connectivity index (χ1v) is 9.99. The molecule has 0 saturated carbocycles. The van der Waals surface area contributed by atoms with Crippen molar-refractivity contribution in [3.8, 4) is 11.5 Å². The van der Waals surface area contributed by atoms with E-state index in [0.717, 1.165) is 19.9 Å². The van der Waals surface area contributed by atoms with Crippen LogP contribution < -0.4 is 9.47 Å². The molecule has 9 heteroatoms. The van der Waals surface area contributed by atoms with Crippen LogP contribution in [0.3, 0.4) is 0 Å². The maximum absolute atomic E-state index is 13.0. The number of rotatable bonds is 2. The molecule has 164 valence electrons.